The lowest BCUT2D eigenvalue weighted by Crippen LogP contribution is -2.16. The molecule has 0 saturated heterocycles. The van der Waals surface area contributed by atoms with Gasteiger partial charge in [0.25, 0.3) is 0 Å². The van der Waals surface area contributed by atoms with Crippen LogP contribution in [0.15, 0.2) is 28.3 Å². The van der Waals surface area contributed by atoms with E-state index in [-0.39, 0.29) is 11.4 Å². The van der Waals surface area contributed by atoms with Gasteiger partial charge in [0, 0.05) is 16.2 Å². The Labute approximate surface area is 113 Å². The second-order valence-electron chi connectivity index (χ2n) is 4.40. The molecule has 1 aromatic rings. The van der Waals surface area contributed by atoms with Gasteiger partial charge in [-0.3, -0.25) is 0 Å². The SMILES string of the molecule is CC(C)CSc1ccc(C(F)(F)F)cc1/C(N)=N/O. The molecule has 7 heteroatoms. The molecule has 106 valence electrons. The molecule has 0 amide bonds. The fourth-order valence-electron chi connectivity index (χ4n) is 1.34. The number of rotatable bonds is 4. The molecule has 3 nitrogen and oxygen atoms in total. The van der Waals surface area contributed by atoms with Crippen LogP contribution < -0.4 is 5.73 Å². The van der Waals surface area contributed by atoms with Crippen LogP contribution in [0.2, 0.25) is 0 Å². The predicted octanol–water partition coefficient (Wildman–Crippen LogP) is 3.55. The molecule has 0 bridgehead atoms. The molecule has 1 aromatic carbocycles. The maximum atomic E-state index is 12.6. The van der Waals surface area contributed by atoms with E-state index in [1.54, 1.807) is 0 Å². The van der Waals surface area contributed by atoms with Gasteiger partial charge in [-0.05, 0) is 24.1 Å². The minimum atomic E-state index is -4.45. The topological polar surface area (TPSA) is 58.6 Å². The number of halogens is 3. The van der Waals surface area contributed by atoms with Gasteiger partial charge in [-0.2, -0.15) is 13.2 Å². The summed E-state index contributed by atoms with van der Waals surface area (Å²) >= 11 is 1.38. The fraction of sp³-hybridized carbons (Fsp3) is 0.417. The molecule has 0 aliphatic rings. The highest BCUT2D eigenvalue weighted by Crippen LogP contribution is 2.33. The molecule has 0 aromatic heterocycles. The van der Waals surface area contributed by atoms with E-state index < -0.39 is 11.7 Å². The Balaban J connectivity index is 3.18. The maximum absolute atomic E-state index is 12.6. The van der Waals surface area contributed by atoms with Crippen LogP contribution in [0.4, 0.5) is 13.2 Å². The lowest BCUT2D eigenvalue weighted by molar-refractivity contribution is -0.137. The fourth-order valence-corrected chi connectivity index (χ4v) is 2.34. The highest BCUT2D eigenvalue weighted by Gasteiger charge is 2.31. The van der Waals surface area contributed by atoms with Crippen molar-refractivity contribution in [1.82, 2.24) is 0 Å². The van der Waals surface area contributed by atoms with E-state index in [0.29, 0.717) is 10.8 Å². The highest BCUT2D eigenvalue weighted by atomic mass is 32.2. The molecule has 19 heavy (non-hydrogen) atoms. The monoisotopic (exact) mass is 292 g/mol. The van der Waals surface area contributed by atoms with Crippen molar-refractivity contribution in [3.05, 3.63) is 29.3 Å². The van der Waals surface area contributed by atoms with E-state index in [9.17, 15) is 13.2 Å². The Morgan fingerprint density at radius 2 is 2.05 bits per heavy atom. The van der Waals surface area contributed by atoms with E-state index in [2.05, 4.69) is 5.16 Å². The molecule has 0 unspecified atom stereocenters. The summed E-state index contributed by atoms with van der Waals surface area (Å²) in [4.78, 5) is 0.567. The van der Waals surface area contributed by atoms with Gasteiger partial charge in [0.05, 0.1) is 5.56 Å². The third kappa shape index (κ3) is 4.34. The summed E-state index contributed by atoms with van der Waals surface area (Å²) in [6, 6.07) is 3.25. The standard InChI is InChI=1S/C12H15F3N2OS/c1-7(2)6-19-10-4-3-8(12(13,14)15)5-9(10)11(16)17-18/h3-5,7,18H,6H2,1-2H3,(H2,16,17). The van der Waals surface area contributed by atoms with E-state index >= 15 is 0 Å². The Kier molecular flexibility index (Phi) is 5.11. The van der Waals surface area contributed by atoms with Gasteiger partial charge in [0.2, 0.25) is 0 Å². The van der Waals surface area contributed by atoms with Crippen LogP contribution in [0.5, 0.6) is 0 Å². The molecule has 0 saturated carbocycles. The zero-order chi connectivity index (χ0) is 14.6. The first-order chi connectivity index (χ1) is 8.75. The zero-order valence-corrected chi connectivity index (χ0v) is 11.3. The number of thioether (sulfide) groups is 1. The third-order valence-corrected chi connectivity index (χ3v) is 3.76. The van der Waals surface area contributed by atoms with Gasteiger partial charge < -0.3 is 10.9 Å². The number of nitrogens with zero attached hydrogens (tertiary/aromatic N) is 1. The second kappa shape index (κ2) is 6.18. The number of hydrogen-bond donors (Lipinski definition) is 2. The van der Waals surface area contributed by atoms with Crippen molar-refractivity contribution in [3.8, 4) is 0 Å². The Bertz CT molecular complexity index is 473. The Hall–Kier alpha value is -1.37. The van der Waals surface area contributed by atoms with Gasteiger partial charge in [0.1, 0.15) is 0 Å². The minimum Gasteiger partial charge on any atom is -0.409 e. The quantitative estimate of drug-likeness (QED) is 0.293. The van der Waals surface area contributed by atoms with Crippen LogP contribution >= 0.6 is 11.8 Å². The van der Waals surface area contributed by atoms with Crippen molar-refractivity contribution in [2.45, 2.75) is 24.9 Å². The smallest absolute Gasteiger partial charge is 0.409 e. The molecule has 0 spiro atoms. The zero-order valence-electron chi connectivity index (χ0n) is 10.5. The number of alkyl halides is 3. The van der Waals surface area contributed by atoms with Crippen molar-refractivity contribution >= 4 is 17.6 Å². The molecule has 0 radical (unpaired) electrons. The molecular weight excluding hydrogens is 277 g/mol. The number of oxime groups is 1. The number of hydrogen-bond acceptors (Lipinski definition) is 3. The van der Waals surface area contributed by atoms with Gasteiger partial charge >= 0.3 is 6.18 Å². The van der Waals surface area contributed by atoms with E-state index in [1.807, 2.05) is 13.8 Å². The van der Waals surface area contributed by atoms with Gasteiger partial charge in [-0.15, -0.1) is 11.8 Å². The third-order valence-electron chi connectivity index (χ3n) is 2.26. The first kappa shape index (κ1) is 15.7. The van der Waals surface area contributed by atoms with Crippen LogP contribution in [0.25, 0.3) is 0 Å². The normalized spacial score (nSPS) is 13.1. The van der Waals surface area contributed by atoms with E-state index in [0.717, 1.165) is 17.9 Å². The summed E-state index contributed by atoms with van der Waals surface area (Å²) in [6.45, 7) is 4.00. The summed E-state index contributed by atoms with van der Waals surface area (Å²) < 4.78 is 37.9. The first-order valence-corrected chi connectivity index (χ1v) is 6.56. The van der Waals surface area contributed by atoms with Gasteiger partial charge in [-0.25, -0.2) is 0 Å². The summed E-state index contributed by atoms with van der Waals surface area (Å²) in [6.07, 6.45) is -4.45. The summed E-state index contributed by atoms with van der Waals surface area (Å²) in [5.74, 6) is 0.793. The van der Waals surface area contributed by atoms with Crippen molar-refractivity contribution in [2.75, 3.05) is 5.75 Å². The molecule has 0 aliphatic carbocycles. The summed E-state index contributed by atoms with van der Waals surface area (Å²) in [5.41, 5.74) is 4.72. The molecule has 3 N–H and O–H groups in total. The van der Waals surface area contributed by atoms with Crippen molar-refractivity contribution in [1.29, 1.82) is 0 Å². The van der Waals surface area contributed by atoms with Crippen LogP contribution in [0.3, 0.4) is 0 Å². The lowest BCUT2D eigenvalue weighted by atomic mass is 10.1. The van der Waals surface area contributed by atoms with Crippen LogP contribution in [0, 0.1) is 5.92 Å². The predicted molar refractivity (Wildman–Crippen MR) is 69.5 cm³/mol. The Morgan fingerprint density at radius 3 is 2.53 bits per heavy atom. The largest absolute Gasteiger partial charge is 0.416 e. The number of amidine groups is 1. The molecule has 0 atom stereocenters. The second-order valence-corrected chi connectivity index (χ2v) is 5.46. The van der Waals surface area contributed by atoms with Gasteiger partial charge in [0.15, 0.2) is 5.84 Å². The minimum absolute atomic E-state index is 0.1000. The molecule has 0 aliphatic heterocycles. The van der Waals surface area contributed by atoms with Crippen molar-refractivity contribution in [2.24, 2.45) is 16.8 Å². The van der Waals surface area contributed by atoms with E-state index in [4.69, 9.17) is 10.9 Å². The molecule has 0 fully saturated rings. The van der Waals surface area contributed by atoms with Crippen LogP contribution in [-0.4, -0.2) is 16.8 Å². The highest BCUT2D eigenvalue weighted by molar-refractivity contribution is 7.99. The number of nitrogens with two attached hydrogens (primary N) is 1. The molecular formula is C12H15F3N2OS. The lowest BCUT2D eigenvalue weighted by Gasteiger charge is -2.13. The summed E-state index contributed by atoms with van der Waals surface area (Å²) in [5, 5.41) is 11.4. The van der Waals surface area contributed by atoms with Crippen LogP contribution in [0.1, 0.15) is 25.0 Å². The van der Waals surface area contributed by atoms with Crippen molar-refractivity contribution < 1.29 is 18.4 Å². The van der Waals surface area contributed by atoms with Gasteiger partial charge in [-0.1, -0.05) is 19.0 Å². The van der Waals surface area contributed by atoms with Crippen molar-refractivity contribution in [3.63, 3.8) is 0 Å². The average molecular weight is 292 g/mol. The first-order valence-electron chi connectivity index (χ1n) is 5.57. The Morgan fingerprint density at radius 1 is 1.42 bits per heavy atom. The molecule has 1 rings (SSSR count). The maximum Gasteiger partial charge on any atom is 0.416 e. The average Bonchev–Trinajstić information content (AvgIpc) is 2.34. The van der Waals surface area contributed by atoms with E-state index in [1.165, 1.54) is 17.8 Å². The summed E-state index contributed by atoms with van der Waals surface area (Å²) in [7, 11) is 0. The van der Waals surface area contributed by atoms with Crippen LogP contribution in [-0.2, 0) is 6.18 Å². The molecule has 0 heterocycles. The number of benzene rings is 1.